The van der Waals surface area contributed by atoms with Crippen molar-refractivity contribution in [2.24, 2.45) is 10.2 Å². The fraction of sp³-hybridized carbons (Fsp3) is 0. The van der Waals surface area contributed by atoms with E-state index in [0.29, 0.717) is 0 Å². The zero-order valence-corrected chi connectivity index (χ0v) is 7.47. The van der Waals surface area contributed by atoms with Crippen molar-refractivity contribution in [3.05, 3.63) is 10.4 Å². The molecule has 4 N–H and O–H groups in total. The third-order valence-corrected chi connectivity index (χ3v) is 1.49. The quantitative estimate of drug-likeness (QED) is 0.459. The van der Waals surface area contributed by atoms with E-state index >= 15 is 0 Å². The van der Waals surface area contributed by atoms with Gasteiger partial charge in [0.1, 0.15) is 0 Å². The van der Waals surface area contributed by atoms with E-state index in [2.05, 4.69) is 29.8 Å². The second-order valence-corrected chi connectivity index (χ2v) is 2.48. The number of aromatic nitrogens is 4. The van der Waals surface area contributed by atoms with Gasteiger partial charge in [0.05, 0.1) is 0 Å². The molecule has 0 spiro atoms. The van der Waals surface area contributed by atoms with Crippen LogP contribution >= 0.6 is 0 Å². The van der Waals surface area contributed by atoms with Crippen LogP contribution in [0.25, 0.3) is 0 Å². The number of hydrogen-bond acceptors (Lipinski definition) is 10. The van der Waals surface area contributed by atoms with Crippen LogP contribution in [0, 0.1) is 10.4 Å². The first-order valence-electron chi connectivity index (χ1n) is 3.71. The van der Waals surface area contributed by atoms with E-state index in [9.17, 15) is 10.4 Å². The normalized spacial score (nSPS) is 11.2. The number of azo groups is 1. The van der Waals surface area contributed by atoms with Gasteiger partial charge in [-0.1, -0.05) is 20.0 Å². The highest BCUT2D eigenvalue weighted by molar-refractivity contribution is 5.48. The molecule has 12 heteroatoms. The van der Waals surface area contributed by atoms with Gasteiger partial charge in [-0.05, 0) is 10.3 Å². The van der Waals surface area contributed by atoms with Gasteiger partial charge >= 0.3 is 23.3 Å². The molecule has 0 saturated heterocycles. The van der Waals surface area contributed by atoms with Crippen LogP contribution < -0.4 is 21.3 Å². The fourth-order valence-corrected chi connectivity index (χ4v) is 0.730. The Balaban J connectivity index is 2.28. The minimum Gasteiger partial charge on any atom is -0.391 e. The van der Waals surface area contributed by atoms with Crippen molar-refractivity contribution in [1.29, 1.82) is 0 Å². The summed E-state index contributed by atoms with van der Waals surface area (Å²) in [6.45, 7) is 0. The minimum absolute atomic E-state index is 0.0612. The first-order valence-corrected chi connectivity index (χ1v) is 3.71. The molecule has 0 fully saturated rings. The Bertz CT molecular complexity index is 494. The van der Waals surface area contributed by atoms with E-state index in [-0.39, 0.29) is 33.1 Å². The molecule has 2 aromatic heterocycles. The highest BCUT2D eigenvalue weighted by atomic mass is 16.8. The highest BCUT2D eigenvalue weighted by Gasteiger charge is 2.16. The van der Waals surface area contributed by atoms with Gasteiger partial charge in [0.2, 0.25) is 0 Å². The van der Waals surface area contributed by atoms with Gasteiger partial charge in [-0.15, -0.1) is 0 Å². The van der Waals surface area contributed by atoms with E-state index in [1.54, 1.807) is 0 Å². The molecule has 0 amide bonds. The molecule has 0 atom stereocenters. The molecule has 0 aliphatic carbocycles. The predicted octanol–water partition coefficient (Wildman–Crippen LogP) is -1.49. The molecule has 0 aromatic carbocycles. The van der Waals surface area contributed by atoms with Crippen molar-refractivity contribution in [2.45, 2.75) is 0 Å². The monoisotopic (exact) mass is 228 g/mol. The van der Waals surface area contributed by atoms with Gasteiger partial charge in [0.25, 0.3) is 0 Å². The van der Waals surface area contributed by atoms with E-state index < -0.39 is 0 Å². The topological polar surface area (TPSA) is 183 Å². The van der Waals surface area contributed by atoms with E-state index in [1.165, 1.54) is 0 Å². The lowest BCUT2D eigenvalue weighted by molar-refractivity contribution is -0.790. The Morgan fingerprint density at radius 2 is 1.31 bits per heavy atom. The maximum absolute atomic E-state index is 10.7. The van der Waals surface area contributed by atoms with E-state index in [4.69, 9.17) is 11.5 Å². The largest absolute Gasteiger partial charge is 0.391 e. The lowest BCUT2D eigenvalue weighted by Gasteiger charge is -1.85. The summed E-state index contributed by atoms with van der Waals surface area (Å²) >= 11 is 0. The van der Waals surface area contributed by atoms with Crippen LogP contribution in [-0.2, 0) is 0 Å². The SMILES string of the molecule is Nc1c(N=Nc2no[n+]([O-])c2N)no[n+]1[O-]. The molecule has 12 nitrogen and oxygen atoms in total. The Morgan fingerprint density at radius 1 is 0.938 bits per heavy atom. The summed E-state index contributed by atoms with van der Waals surface area (Å²) in [5, 5.41) is 34.5. The number of nitrogen functional groups attached to an aromatic ring is 2. The summed E-state index contributed by atoms with van der Waals surface area (Å²) in [4.78, 5) is -0.122. The van der Waals surface area contributed by atoms with Crippen molar-refractivity contribution in [1.82, 2.24) is 10.3 Å². The molecular formula is C4H4N8O4. The third kappa shape index (κ3) is 1.43. The number of nitrogens with two attached hydrogens (primary N) is 2. The predicted molar refractivity (Wildman–Crippen MR) is 43.9 cm³/mol. The maximum Gasteiger partial charge on any atom is 0.342 e. The zero-order valence-electron chi connectivity index (χ0n) is 7.47. The summed E-state index contributed by atoms with van der Waals surface area (Å²) in [7, 11) is 0. The van der Waals surface area contributed by atoms with Crippen LogP contribution in [0.5, 0.6) is 0 Å². The molecule has 0 bridgehead atoms. The summed E-state index contributed by atoms with van der Waals surface area (Å²) in [5.74, 6) is -1.31. The van der Waals surface area contributed by atoms with Crippen molar-refractivity contribution in [3.8, 4) is 0 Å². The molecule has 0 unspecified atom stereocenters. The zero-order chi connectivity index (χ0) is 11.7. The molecule has 0 radical (unpaired) electrons. The second kappa shape index (κ2) is 3.34. The average Bonchev–Trinajstić information content (AvgIpc) is 2.74. The van der Waals surface area contributed by atoms with E-state index in [1.807, 2.05) is 0 Å². The van der Waals surface area contributed by atoms with Crippen LogP contribution in [0.1, 0.15) is 0 Å². The minimum atomic E-state index is -0.388. The molecule has 2 rings (SSSR count). The van der Waals surface area contributed by atoms with Gasteiger partial charge in [-0.3, -0.25) is 0 Å². The van der Waals surface area contributed by atoms with Crippen LogP contribution in [-0.4, -0.2) is 10.3 Å². The fourth-order valence-electron chi connectivity index (χ4n) is 0.730. The lowest BCUT2D eigenvalue weighted by Crippen LogP contribution is -2.26. The molecule has 2 heterocycles. The molecular weight excluding hydrogens is 224 g/mol. The average molecular weight is 228 g/mol. The summed E-state index contributed by atoms with van der Waals surface area (Å²) in [6, 6.07) is 0. The number of hydrogen-bond donors (Lipinski definition) is 2. The maximum atomic E-state index is 10.7. The summed E-state index contributed by atoms with van der Waals surface area (Å²) in [6.07, 6.45) is 0. The van der Waals surface area contributed by atoms with Gasteiger partial charge in [-0.25, -0.2) is 0 Å². The molecule has 0 aliphatic heterocycles. The Labute approximate surface area is 85.8 Å². The van der Waals surface area contributed by atoms with Crippen molar-refractivity contribution >= 4 is 23.3 Å². The number of nitrogens with zero attached hydrogens (tertiary/aromatic N) is 6. The molecule has 84 valence electrons. The Hall–Kier alpha value is -2.92. The van der Waals surface area contributed by atoms with Crippen LogP contribution in [0.15, 0.2) is 19.5 Å². The molecule has 2 aromatic rings. The Morgan fingerprint density at radius 3 is 1.56 bits per heavy atom. The van der Waals surface area contributed by atoms with Crippen LogP contribution in [0.2, 0.25) is 0 Å². The van der Waals surface area contributed by atoms with E-state index in [0.717, 1.165) is 0 Å². The first kappa shape index (κ1) is 9.63. The third-order valence-electron chi connectivity index (χ3n) is 1.49. The first-order chi connectivity index (χ1) is 7.59. The van der Waals surface area contributed by atoms with Gasteiger partial charge in [0, 0.05) is 0 Å². The molecule has 0 aliphatic rings. The highest BCUT2D eigenvalue weighted by Crippen LogP contribution is 2.20. The molecule has 0 saturated carbocycles. The van der Waals surface area contributed by atoms with Crippen molar-refractivity contribution < 1.29 is 19.1 Å². The Kier molecular flexibility index (Phi) is 2.01. The number of anilines is 2. The standard InChI is InChI=1S/C4H4N8O4/c5-1-3(9-15-11(1)13)7-8-4-2(6)12(14)16-10-4/h5-6H2. The molecule has 16 heavy (non-hydrogen) atoms. The smallest absolute Gasteiger partial charge is 0.342 e. The second-order valence-electron chi connectivity index (χ2n) is 2.48. The summed E-state index contributed by atoms with van der Waals surface area (Å²) < 4.78 is 8.22. The number of rotatable bonds is 2. The van der Waals surface area contributed by atoms with Crippen molar-refractivity contribution in [2.75, 3.05) is 11.5 Å². The van der Waals surface area contributed by atoms with Gasteiger partial charge < -0.3 is 31.1 Å². The summed E-state index contributed by atoms with van der Waals surface area (Å²) in [5.41, 5.74) is 10.4. The van der Waals surface area contributed by atoms with Crippen LogP contribution in [0.3, 0.4) is 0 Å². The van der Waals surface area contributed by atoms with Crippen LogP contribution in [0.4, 0.5) is 23.3 Å². The van der Waals surface area contributed by atoms with Gasteiger partial charge in [0.15, 0.2) is 0 Å². The van der Waals surface area contributed by atoms with Gasteiger partial charge in [-0.2, -0.15) is 0 Å². The van der Waals surface area contributed by atoms with Crippen molar-refractivity contribution in [3.63, 3.8) is 0 Å². The lowest BCUT2D eigenvalue weighted by atomic mass is 10.7.